The maximum atomic E-state index is 4.65. The molecule has 106 valence electrons. The molecule has 0 bridgehead atoms. The van der Waals surface area contributed by atoms with Crippen molar-refractivity contribution in [2.24, 2.45) is 5.92 Å². The molecule has 1 heterocycles. The molecule has 3 rings (SSSR count). The Kier molecular flexibility index (Phi) is 4.31. The molecular weight excluding hydrogens is 244 g/mol. The van der Waals surface area contributed by atoms with Crippen LogP contribution in [0.3, 0.4) is 0 Å². The van der Waals surface area contributed by atoms with Crippen molar-refractivity contribution in [3.05, 3.63) is 42.1 Å². The molecule has 20 heavy (non-hydrogen) atoms. The van der Waals surface area contributed by atoms with Crippen LogP contribution in [0.5, 0.6) is 0 Å². The highest BCUT2D eigenvalue weighted by atomic mass is 14.8. The monoisotopic (exact) mass is 268 g/mol. The molecule has 0 amide bonds. The number of hydrogen-bond acceptors (Lipinski definition) is 2. The van der Waals surface area contributed by atoms with Crippen LogP contribution in [0.4, 0.5) is 0 Å². The fraction of sp³-hybridized carbons (Fsp3) is 0.500. The highest BCUT2D eigenvalue weighted by molar-refractivity contribution is 5.78. The first-order chi connectivity index (χ1) is 9.88. The molecule has 1 aromatic heterocycles. The smallest absolute Gasteiger partial charge is 0.0702 e. The maximum absolute atomic E-state index is 4.65. The summed E-state index contributed by atoms with van der Waals surface area (Å²) in [5, 5.41) is 4.81. The van der Waals surface area contributed by atoms with Crippen LogP contribution in [0.25, 0.3) is 10.9 Å². The van der Waals surface area contributed by atoms with Gasteiger partial charge < -0.3 is 5.32 Å². The van der Waals surface area contributed by atoms with Gasteiger partial charge in [-0.1, -0.05) is 38.0 Å². The van der Waals surface area contributed by atoms with Gasteiger partial charge in [0.25, 0.3) is 0 Å². The third-order valence-corrected chi connectivity index (χ3v) is 4.61. The molecular formula is C18H24N2. The fourth-order valence-electron chi connectivity index (χ4n) is 3.51. The third kappa shape index (κ3) is 2.85. The van der Waals surface area contributed by atoms with Gasteiger partial charge in [0.2, 0.25) is 0 Å². The quantitative estimate of drug-likeness (QED) is 0.902. The van der Waals surface area contributed by atoms with E-state index in [9.17, 15) is 0 Å². The number of rotatable bonds is 4. The van der Waals surface area contributed by atoms with Crippen LogP contribution in [0.1, 0.15) is 44.1 Å². The van der Waals surface area contributed by atoms with Gasteiger partial charge in [0.05, 0.1) is 5.52 Å². The van der Waals surface area contributed by atoms with E-state index in [0.717, 1.165) is 24.5 Å². The van der Waals surface area contributed by atoms with Gasteiger partial charge >= 0.3 is 0 Å². The van der Waals surface area contributed by atoms with Gasteiger partial charge in [0, 0.05) is 11.6 Å². The number of para-hydroxylation sites is 1. The summed E-state index contributed by atoms with van der Waals surface area (Å²) in [4.78, 5) is 4.65. The lowest BCUT2D eigenvalue weighted by molar-refractivity contribution is 0.297. The number of aromatic nitrogens is 1. The first-order valence-corrected chi connectivity index (χ1v) is 7.94. The fourth-order valence-corrected chi connectivity index (χ4v) is 3.51. The maximum Gasteiger partial charge on any atom is 0.0702 e. The van der Waals surface area contributed by atoms with E-state index in [1.807, 2.05) is 0 Å². The zero-order chi connectivity index (χ0) is 13.8. The molecule has 0 radical (unpaired) electrons. The zero-order valence-corrected chi connectivity index (χ0v) is 12.3. The minimum atomic E-state index is 0.680. The van der Waals surface area contributed by atoms with Crippen molar-refractivity contribution in [3.63, 3.8) is 0 Å². The predicted molar refractivity (Wildman–Crippen MR) is 85.0 cm³/mol. The first-order valence-electron chi connectivity index (χ1n) is 7.94. The average Bonchev–Trinajstić information content (AvgIpc) is 2.53. The Bertz CT molecular complexity index is 564. The molecule has 0 spiro atoms. The Labute approximate surface area is 121 Å². The lowest BCUT2D eigenvalue weighted by atomic mass is 9.75. The van der Waals surface area contributed by atoms with Crippen molar-refractivity contribution < 1.29 is 0 Å². The molecule has 2 heteroatoms. The summed E-state index contributed by atoms with van der Waals surface area (Å²) in [7, 11) is 0. The molecule has 2 atom stereocenters. The van der Waals surface area contributed by atoms with Crippen LogP contribution in [0.15, 0.2) is 36.5 Å². The predicted octanol–water partition coefficient (Wildman–Crippen LogP) is 4.12. The molecule has 0 saturated heterocycles. The molecule has 0 aliphatic heterocycles. The van der Waals surface area contributed by atoms with Gasteiger partial charge in [-0.25, -0.2) is 0 Å². The summed E-state index contributed by atoms with van der Waals surface area (Å²) in [5.74, 6) is 1.45. The van der Waals surface area contributed by atoms with Crippen LogP contribution >= 0.6 is 0 Å². The molecule has 1 aromatic carbocycles. The summed E-state index contributed by atoms with van der Waals surface area (Å²) in [6.45, 7) is 4.41. The topological polar surface area (TPSA) is 24.9 Å². The van der Waals surface area contributed by atoms with Crippen LogP contribution < -0.4 is 5.32 Å². The van der Waals surface area contributed by atoms with E-state index >= 15 is 0 Å². The molecule has 2 aromatic rings. The van der Waals surface area contributed by atoms with Crippen LogP contribution in [-0.4, -0.2) is 18.1 Å². The minimum absolute atomic E-state index is 0.680. The molecule has 1 saturated carbocycles. The molecule has 1 aliphatic rings. The molecule has 2 unspecified atom stereocenters. The lowest BCUT2D eigenvalue weighted by Gasteiger charge is -2.32. The number of nitrogens with one attached hydrogen (secondary N) is 1. The normalized spacial score (nSPS) is 23.1. The largest absolute Gasteiger partial charge is 0.317 e. The summed E-state index contributed by atoms with van der Waals surface area (Å²) in [6.07, 6.45) is 7.52. The molecule has 1 fully saturated rings. The van der Waals surface area contributed by atoms with Crippen molar-refractivity contribution in [2.45, 2.75) is 38.5 Å². The van der Waals surface area contributed by atoms with E-state index < -0.39 is 0 Å². The second kappa shape index (κ2) is 6.36. The van der Waals surface area contributed by atoms with E-state index in [0.29, 0.717) is 5.92 Å². The first kappa shape index (κ1) is 13.6. The highest BCUT2D eigenvalue weighted by Gasteiger charge is 2.26. The molecule has 1 aliphatic carbocycles. The van der Waals surface area contributed by atoms with E-state index in [1.165, 1.54) is 36.6 Å². The van der Waals surface area contributed by atoms with Gasteiger partial charge in [-0.3, -0.25) is 4.98 Å². The number of nitrogens with zero attached hydrogens (tertiary/aromatic N) is 1. The Morgan fingerprint density at radius 1 is 1.20 bits per heavy atom. The van der Waals surface area contributed by atoms with Gasteiger partial charge in [-0.15, -0.1) is 0 Å². The average molecular weight is 268 g/mol. The van der Waals surface area contributed by atoms with Crippen molar-refractivity contribution in [3.8, 4) is 0 Å². The number of benzene rings is 1. The van der Waals surface area contributed by atoms with E-state index in [1.54, 1.807) is 0 Å². The Morgan fingerprint density at radius 2 is 2.05 bits per heavy atom. The molecule has 1 N–H and O–H groups in total. The summed E-state index contributed by atoms with van der Waals surface area (Å²) in [5.41, 5.74) is 2.54. The van der Waals surface area contributed by atoms with E-state index in [-0.39, 0.29) is 0 Å². The van der Waals surface area contributed by atoms with E-state index in [4.69, 9.17) is 0 Å². The Morgan fingerprint density at radius 3 is 2.95 bits per heavy atom. The highest BCUT2D eigenvalue weighted by Crippen LogP contribution is 2.37. The lowest BCUT2D eigenvalue weighted by Crippen LogP contribution is -2.29. The second-order valence-electron chi connectivity index (χ2n) is 5.92. The van der Waals surface area contributed by atoms with Crippen molar-refractivity contribution in [1.82, 2.24) is 10.3 Å². The van der Waals surface area contributed by atoms with Crippen molar-refractivity contribution in [2.75, 3.05) is 13.1 Å². The third-order valence-electron chi connectivity index (χ3n) is 4.61. The van der Waals surface area contributed by atoms with Gasteiger partial charge in [-0.2, -0.15) is 0 Å². The Balaban J connectivity index is 1.86. The standard InChI is InChI=1S/C18H24N2/c1-2-19-12-15-8-3-5-9-17(15)16-11-14-7-4-6-10-18(14)20-13-16/h4,6-7,10-11,13,15,17,19H,2-3,5,8-9,12H2,1H3. The van der Waals surface area contributed by atoms with Crippen LogP contribution in [-0.2, 0) is 0 Å². The minimum Gasteiger partial charge on any atom is -0.317 e. The number of pyridine rings is 1. The van der Waals surface area contributed by atoms with Gasteiger partial charge in [-0.05, 0) is 55.5 Å². The summed E-state index contributed by atoms with van der Waals surface area (Å²) < 4.78 is 0. The number of hydrogen-bond donors (Lipinski definition) is 1. The Hall–Kier alpha value is -1.41. The second-order valence-corrected chi connectivity index (χ2v) is 5.92. The SMILES string of the molecule is CCNCC1CCCCC1c1cnc2ccccc2c1. The van der Waals surface area contributed by atoms with Gasteiger partial charge in [0.15, 0.2) is 0 Å². The van der Waals surface area contributed by atoms with E-state index in [2.05, 4.69) is 53.8 Å². The van der Waals surface area contributed by atoms with Crippen molar-refractivity contribution >= 4 is 10.9 Å². The van der Waals surface area contributed by atoms with Crippen molar-refractivity contribution in [1.29, 1.82) is 0 Å². The van der Waals surface area contributed by atoms with Crippen LogP contribution in [0.2, 0.25) is 0 Å². The zero-order valence-electron chi connectivity index (χ0n) is 12.3. The van der Waals surface area contributed by atoms with Crippen LogP contribution in [0, 0.1) is 5.92 Å². The number of fused-ring (bicyclic) bond motifs is 1. The molecule has 2 nitrogen and oxygen atoms in total. The van der Waals surface area contributed by atoms with Gasteiger partial charge in [0.1, 0.15) is 0 Å². The summed E-state index contributed by atoms with van der Waals surface area (Å²) >= 11 is 0. The summed E-state index contributed by atoms with van der Waals surface area (Å²) in [6, 6.07) is 10.8.